The first-order valence-electron chi connectivity index (χ1n) is 5.35. The minimum Gasteiger partial charge on any atom is -0.382 e. The number of aryl methyl sites for hydroxylation is 1. The van der Waals surface area contributed by atoms with Gasteiger partial charge in [0.2, 0.25) is 5.78 Å². The summed E-state index contributed by atoms with van der Waals surface area (Å²) < 4.78 is 0. The second kappa shape index (κ2) is 4.77. The summed E-state index contributed by atoms with van der Waals surface area (Å²) >= 11 is 1.26. The van der Waals surface area contributed by atoms with Gasteiger partial charge in [0, 0.05) is 12.6 Å². The molecule has 0 radical (unpaired) electrons. The van der Waals surface area contributed by atoms with Gasteiger partial charge in [-0.25, -0.2) is 4.98 Å². The predicted molar refractivity (Wildman–Crippen MR) is 65.3 cm³/mol. The molecule has 0 saturated carbocycles. The lowest BCUT2D eigenvalue weighted by Gasteiger charge is -2.12. The highest BCUT2D eigenvalue weighted by atomic mass is 32.1. The highest BCUT2D eigenvalue weighted by molar-refractivity contribution is 7.14. The predicted octanol–water partition coefficient (Wildman–Crippen LogP) is 0.653. The maximum atomic E-state index is 12.0. The third-order valence-corrected chi connectivity index (χ3v) is 3.37. The largest absolute Gasteiger partial charge is 0.382 e. The van der Waals surface area contributed by atoms with Crippen molar-refractivity contribution in [3.05, 3.63) is 27.4 Å². The second-order valence-corrected chi connectivity index (χ2v) is 4.93. The molecule has 3 N–H and O–H groups in total. The number of carbonyl (C=O) groups excluding carboxylic acids is 2. The number of nitrogens with zero attached hydrogens (tertiary/aromatic N) is 1. The molecule has 1 aromatic rings. The fourth-order valence-corrected chi connectivity index (χ4v) is 2.42. The summed E-state index contributed by atoms with van der Waals surface area (Å²) in [6, 6.07) is 0. The van der Waals surface area contributed by atoms with Gasteiger partial charge in [-0.15, -0.1) is 11.3 Å². The van der Waals surface area contributed by atoms with Gasteiger partial charge in [0.1, 0.15) is 10.6 Å². The summed E-state index contributed by atoms with van der Waals surface area (Å²) in [5.74, 6) is -0.360. The molecule has 0 amide bonds. The van der Waals surface area contributed by atoms with Gasteiger partial charge in [-0.1, -0.05) is 0 Å². The summed E-state index contributed by atoms with van der Waals surface area (Å²) in [5, 5.41) is 3.66. The lowest BCUT2D eigenvalue weighted by molar-refractivity contribution is 0.0977. The number of hydrogen-bond acceptors (Lipinski definition) is 6. The number of aromatic nitrogens is 1. The Morgan fingerprint density at radius 1 is 1.47 bits per heavy atom. The highest BCUT2D eigenvalue weighted by Crippen LogP contribution is 2.25. The van der Waals surface area contributed by atoms with Crippen LogP contribution in [-0.2, 0) is 0 Å². The Morgan fingerprint density at radius 3 is 2.94 bits per heavy atom. The van der Waals surface area contributed by atoms with Crippen LogP contribution in [0, 0.1) is 6.92 Å². The third kappa shape index (κ3) is 2.27. The van der Waals surface area contributed by atoms with E-state index in [4.69, 9.17) is 5.73 Å². The van der Waals surface area contributed by atoms with Gasteiger partial charge in [0.05, 0.1) is 10.7 Å². The van der Waals surface area contributed by atoms with Crippen molar-refractivity contribution < 1.29 is 9.59 Å². The van der Waals surface area contributed by atoms with Crippen LogP contribution in [0.1, 0.15) is 31.6 Å². The zero-order valence-corrected chi connectivity index (χ0v) is 10.3. The van der Waals surface area contributed by atoms with Gasteiger partial charge in [-0.3, -0.25) is 9.59 Å². The van der Waals surface area contributed by atoms with Gasteiger partial charge in [0.15, 0.2) is 5.78 Å². The summed E-state index contributed by atoms with van der Waals surface area (Å²) in [4.78, 5) is 28.3. The SMILES string of the molecule is Cc1nc2c(s1)C(=O)C=C(NCCCN)C2=O. The van der Waals surface area contributed by atoms with E-state index in [-0.39, 0.29) is 17.3 Å². The maximum Gasteiger partial charge on any atom is 0.228 e. The number of carbonyl (C=O) groups is 2. The molecule has 1 aliphatic rings. The van der Waals surface area contributed by atoms with Crippen LogP contribution in [0.5, 0.6) is 0 Å². The topological polar surface area (TPSA) is 85.1 Å². The first-order chi connectivity index (χ1) is 8.13. The van der Waals surface area contributed by atoms with Crippen LogP contribution < -0.4 is 11.1 Å². The van der Waals surface area contributed by atoms with E-state index in [1.165, 1.54) is 17.4 Å². The number of nitrogens with two attached hydrogens (primary N) is 1. The molecule has 0 aliphatic heterocycles. The van der Waals surface area contributed by atoms with Crippen molar-refractivity contribution in [3.63, 3.8) is 0 Å². The van der Waals surface area contributed by atoms with E-state index in [9.17, 15) is 9.59 Å². The van der Waals surface area contributed by atoms with Crippen LogP contribution in [-0.4, -0.2) is 29.6 Å². The summed E-state index contributed by atoms with van der Waals surface area (Å²) in [5.41, 5.74) is 5.96. The monoisotopic (exact) mass is 251 g/mol. The van der Waals surface area contributed by atoms with Gasteiger partial charge >= 0.3 is 0 Å². The zero-order chi connectivity index (χ0) is 12.4. The summed E-state index contributed by atoms with van der Waals surface area (Å²) in [6.07, 6.45) is 2.10. The molecule has 0 spiro atoms. The molecule has 17 heavy (non-hydrogen) atoms. The lowest BCUT2D eigenvalue weighted by atomic mass is 10.0. The van der Waals surface area contributed by atoms with Crippen LogP contribution in [0.4, 0.5) is 0 Å². The average molecular weight is 251 g/mol. The Kier molecular flexibility index (Phi) is 3.35. The van der Waals surface area contributed by atoms with Crippen LogP contribution in [0.25, 0.3) is 0 Å². The fraction of sp³-hybridized carbons (Fsp3) is 0.364. The molecule has 90 valence electrons. The van der Waals surface area contributed by atoms with E-state index in [1.54, 1.807) is 6.92 Å². The molecule has 0 atom stereocenters. The highest BCUT2D eigenvalue weighted by Gasteiger charge is 2.29. The summed E-state index contributed by atoms with van der Waals surface area (Å²) in [6.45, 7) is 2.91. The number of Topliss-reactive ketones (excluding diaryl/α,β-unsaturated/α-hetero) is 1. The molecule has 0 aromatic carbocycles. The third-order valence-electron chi connectivity index (χ3n) is 2.39. The van der Waals surface area contributed by atoms with Crippen molar-refractivity contribution in [2.24, 2.45) is 5.73 Å². The first kappa shape index (κ1) is 11.9. The minimum absolute atomic E-state index is 0.152. The number of rotatable bonds is 4. The fourth-order valence-electron chi connectivity index (χ4n) is 1.59. The lowest BCUT2D eigenvalue weighted by Crippen LogP contribution is -2.28. The number of allylic oxidation sites excluding steroid dienone is 2. The van der Waals surface area contributed by atoms with E-state index in [0.29, 0.717) is 23.7 Å². The van der Waals surface area contributed by atoms with Crippen molar-refractivity contribution in [3.8, 4) is 0 Å². The Labute approximate surface area is 103 Å². The van der Waals surface area contributed by atoms with E-state index in [2.05, 4.69) is 10.3 Å². The Hall–Kier alpha value is -1.53. The number of hydrogen-bond donors (Lipinski definition) is 2. The number of ketones is 2. The first-order valence-corrected chi connectivity index (χ1v) is 6.17. The van der Waals surface area contributed by atoms with Crippen molar-refractivity contribution in [1.29, 1.82) is 0 Å². The Morgan fingerprint density at radius 2 is 2.24 bits per heavy atom. The quantitative estimate of drug-likeness (QED) is 0.768. The van der Waals surface area contributed by atoms with Crippen molar-refractivity contribution >= 4 is 22.9 Å². The Balaban J connectivity index is 2.22. The molecule has 1 heterocycles. The van der Waals surface area contributed by atoms with E-state index >= 15 is 0 Å². The van der Waals surface area contributed by atoms with Crippen molar-refractivity contribution in [2.45, 2.75) is 13.3 Å². The zero-order valence-electron chi connectivity index (χ0n) is 9.45. The smallest absolute Gasteiger partial charge is 0.228 e. The molecule has 0 unspecified atom stereocenters. The molecule has 0 bridgehead atoms. The average Bonchev–Trinajstić information content (AvgIpc) is 2.68. The van der Waals surface area contributed by atoms with E-state index < -0.39 is 0 Å². The molecular formula is C11H13N3O2S. The summed E-state index contributed by atoms with van der Waals surface area (Å²) in [7, 11) is 0. The normalized spacial score (nSPS) is 14.6. The van der Waals surface area contributed by atoms with Crippen LogP contribution in [0.15, 0.2) is 11.8 Å². The molecule has 5 nitrogen and oxygen atoms in total. The molecule has 6 heteroatoms. The molecule has 1 aromatic heterocycles. The number of nitrogens with one attached hydrogen (secondary N) is 1. The van der Waals surface area contributed by atoms with Gasteiger partial charge in [-0.2, -0.15) is 0 Å². The van der Waals surface area contributed by atoms with Crippen LogP contribution in [0.3, 0.4) is 0 Å². The van der Waals surface area contributed by atoms with Gasteiger partial charge < -0.3 is 11.1 Å². The van der Waals surface area contributed by atoms with Gasteiger partial charge in [-0.05, 0) is 19.9 Å². The van der Waals surface area contributed by atoms with Gasteiger partial charge in [0.25, 0.3) is 0 Å². The number of fused-ring (bicyclic) bond motifs is 1. The second-order valence-electron chi connectivity index (χ2n) is 3.73. The number of thiazole rings is 1. The van der Waals surface area contributed by atoms with Crippen LogP contribution >= 0.6 is 11.3 Å². The Bertz CT molecular complexity index is 505. The van der Waals surface area contributed by atoms with Crippen molar-refractivity contribution in [2.75, 3.05) is 13.1 Å². The maximum absolute atomic E-state index is 12.0. The van der Waals surface area contributed by atoms with Crippen molar-refractivity contribution in [1.82, 2.24) is 10.3 Å². The van der Waals surface area contributed by atoms with E-state index in [1.807, 2.05) is 0 Å². The molecule has 1 aliphatic carbocycles. The molecule has 0 saturated heterocycles. The van der Waals surface area contributed by atoms with Crippen LogP contribution in [0.2, 0.25) is 0 Å². The van der Waals surface area contributed by atoms with E-state index in [0.717, 1.165) is 11.4 Å². The molecule has 0 fully saturated rings. The minimum atomic E-state index is -0.207. The molecule has 2 rings (SSSR count). The standard InChI is InChI=1S/C11H13N3O2S/c1-6-14-9-10(16)7(13-4-2-3-12)5-8(15)11(9)17-6/h5,13H,2-4,12H2,1H3. The molecular weight excluding hydrogens is 238 g/mol.